The third-order valence-electron chi connectivity index (χ3n) is 8.73. The largest absolute Gasteiger partial charge is 0.460 e. The Bertz CT molecular complexity index is 1380. The molecule has 3 aliphatic rings. The van der Waals surface area contributed by atoms with Gasteiger partial charge in [-0.1, -0.05) is 41.9 Å². The van der Waals surface area contributed by atoms with Crippen molar-refractivity contribution in [1.29, 1.82) is 0 Å². The molecule has 3 fully saturated rings. The van der Waals surface area contributed by atoms with E-state index in [0.29, 0.717) is 25.6 Å². The van der Waals surface area contributed by atoms with E-state index >= 15 is 0 Å². The van der Waals surface area contributed by atoms with E-state index in [4.69, 9.17) is 18.8 Å². The molecule has 14 nitrogen and oxygen atoms in total. The molecule has 1 amide bonds. The first-order chi connectivity index (χ1) is 20.9. The maximum atomic E-state index is 13.7. The Morgan fingerprint density at radius 2 is 1.78 bits per heavy atom. The summed E-state index contributed by atoms with van der Waals surface area (Å²) in [6.45, 7) is 12.5. The molecule has 2 saturated heterocycles. The molecule has 0 bridgehead atoms. The monoisotopic (exact) mass is 648 g/mol. The van der Waals surface area contributed by atoms with E-state index in [1.54, 1.807) is 32.9 Å². The Kier molecular flexibility index (Phi) is 10.2. The number of hydrogen-bond acceptors (Lipinski definition) is 9. The minimum absolute atomic E-state index is 0.0614. The first-order valence-electron chi connectivity index (χ1n) is 15.3. The van der Waals surface area contributed by atoms with Crippen LogP contribution in [0.4, 0.5) is 4.79 Å². The van der Waals surface area contributed by atoms with Crippen LogP contribution in [0.5, 0.6) is 0 Å². The van der Waals surface area contributed by atoms with Crippen LogP contribution in [0.15, 0.2) is 35.4 Å². The summed E-state index contributed by atoms with van der Waals surface area (Å²) in [6.07, 6.45) is 1.11. The fraction of sp³-hybridized carbons (Fsp3) is 0.724. The molecule has 16 heteroatoms. The summed E-state index contributed by atoms with van der Waals surface area (Å²) in [6, 6.07) is 8.05. The van der Waals surface area contributed by atoms with E-state index in [9.17, 15) is 23.5 Å². The molecule has 2 N–H and O–H groups in total. The van der Waals surface area contributed by atoms with Gasteiger partial charge in [0.25, 0.3) is 10.2 Å². The number of carbonyl (C=O) groups is 2. The normalized spacial score (nSPS) is 27.4. The third-order valence-corrected chi connectivity index (χ3v) is 10.3. The number of rotatable bonds is 12. The van der Waals surface area contributed by atoms with Crippen molar-refractivity contribution in [1.82, 2.24) is 14.3 Å². The molecule has 1 saturated carbocycles. The Hall–Kier alpha value is -2.88. The molecule has 4 atom stereocenters. The van der Waals surface area contributed by atoms with Gasteiger partial charge in [-0.2, -0.15) is 17.4 Å². The van der Waals surface area contributed by atoms with Gasteiger partial charge in [0.2, 0.25) is 0 Å². The molecule has 0 unspecified atom stereocenters. The first-order valence-corrected chi connectivity index (χ1v) is 16.7. The lowest BCUT2D eigenvalue weighted by atomic mass is 9.78. The standard InChI is InChI=1S/C29H45BN6O8S/c1-26(2,3)42-25(38)32-22-16-23(22)33-45(39,40)36-17-21(14-11-15-30-43-27(4,5)28(6,7)44-30)29(19-36,34-35-31)24(37)41-18-20-12-9-8-10-13-20/h8-10,12-13,21-23,33H,11,14-19H2,1-7H3,(H,32,38)/t21-,22+,23+,29-/m0/s1. The summed E-state index contributed by atoms with van der Waals surface area (Å²) in [4.78, 5) is 28.8. The van der Waals surface area contributed by atoms with Gasteiger partial charge in [0.15, 0.2) is 5.54 Å². The molecular weight excluding hydrogens is 603 g/mol. The average Bonchev–Trinajstić information content (AvgIpc) is 3.43. The number of esters is 1. The molecule has 1 aromatic carbocycles. The lowest BCUT2D eigenvalue weighted by molar-refractivity contribution is -0.152. The van der Waals surface area contributed by atoms with Crippen LogP contribution in [-0.2, 0) is 40.4 Å². The molecule has 2 heterocycles. The van der Waals surface area contributed by atoms with Crippen LogP contribution in [-0.4, -0.2) is 79.4 Å². The van der Waals surface area contributed by atoms with Crippen LogP contribution in [0.1, 0.15) is 73.3 Å². The zero-order valence-electron chi connectivity index (χ0n) is 27.1. The van der Waals surface area contributed by atoms with Gasteiger partial charge >= 0.3 is 19.2 Å². The van der Waals surface area contributed by atoms with Crippen LogP contribution in [0.2, 0.25) is 6.32 Å². The number of nitrogens with zero attached hydrogens (tertiary/aromatic N) is 4. The summed E-state index contributed by atoms with van der Waals surface area (Å²) in [5.74, 6) is -1.47. The van der Waals surface area contributed by atoms with Gasteiger partial charge in [-0.25, -0.2) is 4.79 Å². The van der Waals surface area contributed by atoms with Crippen LogP contribution < -0.4 is 10.0 Å². The molecule has 2 aliphatic heterocycles. The molecule has 4 rings (SSSR count). The predicted molar refractivity (Wildman–Crippen MR) is 167 cm³/mol. The average molecular weight is 649 g/mol. The lowest BCUT2D eigenvalue weighted by Crippen LogP contribution is -2.48. The number of ether oxygens (including phenoxy) is 2. The van der Waals surface area contributed by atoms with Crippen LogP contribution in [0.25, 0.3) is 10.4 Å². The third kappa shape index (κ3) is 8.49. The number of carbonyl (C=O) groups excluding carboxylic acids is 2. The van der Waals surface area contributed by atoms with E-state index in [2.05, 4.69) is 20.1 Å². The number of azide groups is 1. The number of amides is 1. The molecule has 1 aromatic rings. The summed E-state index contributed by atoms with van der Waals surface area (Å²) >= 11 is 0. The van der Waals surface area contributed by atoms with Gasteiger partial charge in [-0.05, 0) is 84.6 Å². The Morgan fingerprint density at radius 1 is 1.13 bits per heavy atom. The highest BCUT2D eigenvalue weighted by atomic mass is 32.2. The first kappa shape index (κ1) is 35.0. The highest BCUT2D eigenvalue weighted by molar-refractivity contribution is 7.87. The molecule has 248 valence electrons. The second-order valence-electron chi connectivity index (χ2n) is 14.0. The quantitative estimate of drug-likeness (QED) is 0.112. The van der Waals surface area contributed by atoms with Crippen molar-refractivity contribution in [3.63, 3.8) is 0 Å². The van der Waals surface area contributed by atoms with E-state index < -0.39 is 76.3 Å². The van der Waals surface area contributed by atoms with Crippen LogP contribution in [0, 0.1) is 5.92 Å². The molecule has 1 aliphatic carbocycles. The lowest BCUT2D eigenvalue weighted by Gasteiger charge is -2.32. The molecule has 0 radical (unpaired) electrons. The van der Waals surface area contributed by atoms with Crippen molar-refractivity contribution in [3.05, 3.63) is 46.3 Å². The Labute approximate surface area is 265 Å². The topological polar surface area (TPSA) is 181 Å². The van der Waals surface area contributed by atoms with E-state index in [-0.39, 0.29) is 13.2 Å². The second kappa shape index (κ2) is 13.1. The van der Waals surface area contributed by atoms with Crippen LogP contribution >= 0.6 is 0 Å². The second-order valence-corrected chi connectivity index (χ2v) is 15.7. The number of hydrogen-bond donors (Lipinski definition) is 2. The predicted octanol–water partition coefficient (Wildman–Crippen LogP) is 4.08. The fourth-order valence-electron chi connectivity index (χ4n) is 5.51. The molecular formula is C29H45BN6O8S. The molecule has 0 aromatic heterocycles. The summed E-state index contributed by atoms with van der Waals surface area (Å²) < 4.78 is 53.9. The van der Waals surface area contributed by atoms with Gasteiger partial charge in [0.1, 0.15) is 12.2 Å². The number of benzene rings is 1. The van der Waals surface area contributed by atoms with Crippen molar-refractivity contribution >= 4 is 29.4 Å². The maximum Gasteiger partial charge on any atom is 0.457 e. The van der Waals surface area contributed by atoms with Gasteiger partial charge in [0.05, 0.1) is 17.2 Å². The molecule has 45 heavy (non-hydrogen) atoms. The van der Waals surface area contributed by atoms with Crippen molar-refractivity contribution in [3.8, 4) is 0 Å². The smallest absolute Gasteiger partial charge is 0.457 e. The van der Waals surface area contributed by atoms with E-state index in [0.717, 1.165) is 9.87 Å². The van der Waals surface area contributed by atoms with E-state index in [1.807, 2.05) is 45.9 Å². The Morgan fingerprint density at radius 3 is 2.38 bits per heavy atom. The number of alkyl carbamates (subject to hydrolysis) is 1. The summed E-state index contributed by atoms with van der Waals surface area (Å²) in [5, 5.41) is 6.59. The highest BCUT2D eigenvalue weighted by Gasteiger charge is 2.57. The Balaban J connectivity index is 1.47. The number of nitrogens with one attached hydrogen (secondary N) is 2. The van der Waals surface area contributed by atoms with Gasteiger partial charge in [0, 0.05) is 24.0 Å². The van der Waals surface area contributed by atoms with Crippen molar-refractivity contribution in [2.45, 2.75) is 115 Å². The van der Waals surface area contributed by atoms with Crippen molar-refractivity contribution in [2.24, 2.45) is 11.0 Å². The van der Waals surface area contributed by atoms with Crippen molar-refractivity contribution in [2.75, 3.05) is 13.1 Å². The van der Waals surface area contributed by atoms with Crippen molar-refractivity contribution < 1.29 is 36.8 Å². The minimum atomic E-state index is -4.14. The highest BCUT2D eigenvalue weighted by Crippen LogP contribution is 2.41. The summed E-state index contributed by atoms with van der Waals surface area (Å²) in [7, 11) is -4.62. The van der Waals surface area contributed by atoms with Gasteiger partial charge in [-0.3, -0.25) is 4.79 Å². The minimum Gasteiger partial charge on any atom is -0.460 e. The SMILES string of the molecule is CC(C)(C)OC(=O)N[C@@H]1C[C@H]1NS(=O)(=O)N1C[C@H](CCCB2OC(C)(C)C(C)(C)O2)[C@](N=[N+]=[N-])(C(=O)OCc2ccccc2)C1. The van der Waals surface area contributed by atoms with E-state index in [1.165, 1.54) is 0 Å². The zero-order valence-corrected chi connectivity index (χ0v) is 27.9. The van der Waals surface area contributed by atoms with Gasteiger partial charge < -0.3 is 24.1 Å². The van der Waals surface area contributed by atoms with Gasteiger partial charge in [-0.15, -0.1) is 0 Å². The summed E-state index contributed by atoms with van der Waals surface area (Å²) in [5.41, 5.74) is 6.83. The van der Waals surface area contributed by atoms with Crippen LogP contribution in [0.3, 0.4) is 0 Å². The fourth-order valence-corrected chi connectivity index (χ4v) is 7.04. The zero-order chi connectivity index (χ0) is 33.3. The maximum absolute atomic E-state index is 13.7. The molecule has 0 spiro atoms.